The lowest BCUT2D eigenvalue weighted by molar-refractivity contribution is 0.266. The van der Waals surface area contributed by atoms with Gasteiger partial charge in [0.05, 0.1) is 5.76 Å². The summed E-state index contributed by atoms with van der Waals surface area (Å²) in [6, 6.07) is 0. The molecule has 0 heterocycles. The van der Waals surface area contributed by atoms with E-state index in [9.17, 15) is 0 Å². The summed E-state index contributed by atoms with van der Waals surface area (Å²) in [5.41, 5.74) is 0.223. The molecule has 0 aliphatic carbocycles. The Kier molecular flexibility index (Phi) is 3.48. The Balaban J connectivity index is 3.74. The fourth-order valence-electron chi connectivity index (χ4n) is 1.32. The van der Waals surface area contributed by atoms with E-state index in [1.165, 1.54) is 6.42 Å². The van der Waals surface area contributed by atoms with Crippen molar-refractivity contribution in [3.05, 3.63) is 12.3 Å². The number of hydrogen-bond acceptors (Lipinski definition) is 1. The van der Waals surface area contributed by atoms with Crippen molar-refractivity contribution in [1.82, 2.24) is 0 Å². The van der Waals surface area contributed by atoms with Gasteiger partial charge in [-0.25, -0.2) is 0 Å². The van der Waals surface area contributed by atoms with Crippen LogP contribution in [-0.2, 0) is 0 Å². The van der Waals surface area contributed by atoms with Gasteiger partial charge >= 0.3 is 0 Å². The molecule has 0 aromatic carbocycles. The minimum Gasteiger partial charge on any atom is -0.513 e. The maximum Gasteiger partial charge on any atom is 0.0856 e. The van der Waals surface area contributed by atoms with Gasteiger partial charge in [0.25, 0.3) is 0 Å². The van der Waals surface area contributed by atoms with Crippen molar-refractivity contribution < 1.29 is 5.11 Å². The second-order valence-electron chi connectivity index (χ2n) is 3.66. The highest BCUT2D eigenvalue weighted by Crippen LogP contribution is 2.28. The largest absolute Gasteiger partial charge is 0.513 e. The van der Waals surface area contributed by atoms with Crippen LogP contribution in [0.25, 0.3) is 0 Å². The first-order valence-corrected chi connectivity index (χ1v) is 3.84. The topological polar surface area (TPSA) is 20.2 Å². The van der Waals surface area contributed by atoms with Crippen LogP contribution in [0.2, 0.25) is 0 Å². The lowest BCUT2D eigenvalue weighted by Crippen LogP contribution is -2.11. The number of hydrogen-bond donors (Lipinski definition) is 1. The molecule has 10 heavy (non-hydrogen) atoms. The number of allylic oxidation sites excluding steroid dienone is 1. The van der Waals surface area contributed by atoms with Crippen molar-refractivity contribution in [2.24, 2.45) is 5.41 Å². The quantitative estimate of drug-likeness (QED) is 0.597. The first kappa shape index (κ1) is 9.54. The Morgan fingerprint density at radius 3 is 2.30 bits per heavy atom. The van der Waals surface area contributed by atoms with E-state index >= 15 is 0 Å². The molecule has 0 aromatic heterocycles. The smallest absolute Gasteiger partial charge is 0.0856 e. The third-order valence-corrected chi connectivity index (χ3v) is 1.61. The highest BCUT2D eigenvalue weighted by Gasteiger charge is 2.16. The average molecular weight is 142 g/mol. The van der Waals surface area contributed by atoms with Gasteiger partial charge < -0.3 is 5.11 Å². The molecule has 0 spiro atoms. The highest BCUT2D eigenvalue weighted by molar-refractivity contribution is 4.86. The van der Waals surface area contributed by atoms with Crippen molar-refractivity contribution in [2.75, 3.05) is 0 Å². The molecule has 0 saturated carbocycles. The molecule has 0 saturated heterocycles. The van der Waals surface area contributed by atoms with Crippen LogP contribution in [0, 0.1) is 5.41 Å². The van der Waals surface area contributed by atoms with Gasteiger partial charge in [-0.05, 0) is 11.8 Å². The zero-order valence-corrected chi connectivity index (χ0v) is 7.28. The van der Waals surface area contributed by atoms with Crippen LogP contribution in [0.4, 0.5) is 0 Å². The third kappa shape index (κ3) is 4.42. The summed E-state index contributed by atoms with van der Waals surface area (Å²) in [4.78, 5) is 0. The molecule has 0 aliphatic rings. The Morgan fingerprint density at radius 1 is 1.50 bits per heavy atom. The molecule has 0 unspecified atom stereocenters. The molecule has 0 amide bonds. The van der Waals surface area contributed by atoms with Crippen molar-refractivity contribution in [1.29, 1.82) is 0 Å². The van der Waals surface area contributed by atoms with Crippen molar-refractivity contribution in [3.8, 4) is 0 Å². The first-order chi connectivity index (χ1) is 4.48. The van der Waals surface area contributed by atoms with Crippen molar-refractivity contribution in [3.63, 3.8) is 0 Å². The molecule has 0 aliphatic heterocycles. The highest BCUT2D eigenvalue weighted by atomic mass is 16.3. The number of aliphatic hydroxyl groups is 1. The van der Waals surface area contributed by atoms with E-state index in [0.29, 0.717) is 5.76 Å². The van der Waals surface area contributed by atoms with E-state index in [2.05, 4.69) is 27.4 Å². The predicted molar refractivity (Wildman–Crippen MR) is 45.1 cm³/mol. The van der Waals surface area contributed by atoms with Crippen LogP contribution >= 0.6 is 0 Å². The fraction of sp³-hybridized carbons (Fsp3) is 0.778. The van der Waals surface area contributed by atoms with Gasteiger partial charge in [-0.2, -0.15) is 0 Å². The van der Waals surface area contributed by atoms with Crippen LogP contribution in [0.5, 0.6) is 0 Å². The average Bonchev–Trinajstić information content (AvgIpc) is 1.59. The summed E-state index contributed by atoms with van der Waals surface area (Å²) in [5.74, 6) is 0.304. The lowest BCUT2D eigenvalue weighted by atomic mass is 9.84. The normalized spacial score (nSPS) is 11.5. The van der Waals surface area contributed by atoms with E-state index in [4.69, 9.17) is 5.11 Å². The van der Waals surface area contributed by atoms with Gasteiger partial charge in [-0.3, -0.25) is 0 Å². The maximum absolute atomic E-state index is 8.92. The van der Waals surface area contributed by atoms with Gasteiger partial charge in [-0.15, -0.1) is 0 Å². The summed E-state index contributed by atoms with van der Waals surface area (Å²) in [6.45, 7) is 9.93. The van der Waals surface area contributed by atoms with E-state index in [1.807, 2.05) is 0 Å². The lowest BCUT2D eigenvalue weighted by Gasteiger charge is -2.22. The van der Waals surface area contributed by atoms with Crippen LogP contribution in [0.1, 0.15) is 40.0 Å². The molecule has 0 fully saturated rings. The molecule has 1 heteroatoms. The molecule has 0 radical (unpaired) electrons. The van der Waals surface area contributed by atoms with E-state index < -0.39 is 0 Å². The summed E-state index contributed by atoms with van der Waals surface area (Å²) >= 11 is 0. The molecule has 0 bridgehead atoms. The Morgan fingerprint density at radius 2 is 2.00 bits per heavy atom. The Bertz CT molecular complexity index is 114. The maximum atomic E-state index is 8.92. The second-order valence-corrected chi connectivity index (χ2v) is 3.66. The van der Waals surface area contributed by atoms with Crippen LogP contribution in [0.3, 0.4) is 0 Å². The minimum absolute atomic E-state index is 0.223. The third-order valence-electron chi connectivity index (χ3n) is 1.61. The zero-order chi connectivity index (χ0) is 8.20. The van der Waals surface area contributed by atoms with E-state index in [1.54, 1.807) is 0 Å². The summed E-state index contributed by atoms with van der Waals surface area (Å²) in [5, 5.41) is 8.92. The zero-order valence-electron chi connectivity index (χ0n) is 7.28. The molecule has 0 aromatic rings. The van der Waals surface area contributed by atoms with Gasteiger partial charge in [0.1, 0.15) is 0 Å². The molecule has 60 valence electrons. The summed E-state index contributed by atoms with van der Waals surface area (Å²) in [6.07, 6.45) is 3.04. The summed E-state index contributed by atoms with van der Waals surface area (Å²) < 4.78 is 0. The summed E-state index contributed by atoms with van der Waals surface area (Å²) in [7, 11) is 0. The van der Waals surface area contributed by atoms with Gasteiger partial charge in [0, 0.05) is 6.42 Å². The van der Waals surface area contributed by atoms with Gasteiger partial charge in [0.15, 0.2) is 0 Å². The first-order valence-electron chi connectivity index (χ1n) is 3.84. The van der Waals surface area contributed by atoms with E-state index in [0.717, 1.165) is 12.8 Å². The van der Waals surface area contributed by atoms with Crippen molar-refractivity contribution in [2.45, 2.75) is 40.0 Å². The SMILES string of the molecule is C=C(O)CC(C)(C)CCC. The molecule has 0 rings (SSSR count). The van der Waals surface area contributed by atoms with Crippen molar-refractivity contribution >= 4 is 0 Å². The second kappa shape index (κ2) is 3.65. The molecular formula is C9H18O. The molecule has 0 atom stereocenters. The van der Waals surface area contributed by atoms with Crippen LogP contribution in [0.15, 0.2) is 12.3 Å². The number of aliphatic hydroxyl groups excluding tert-OH is 1. The Hall–Kier alpha value is -0.460. The van der Waals surface area contributed by atoms with Crippen LogP contribution in [-0.4, -0.2) is 5.11 Å². The molecule has 1 N–H and O–H groups in total. The molecule has 1 nitrogen and oxygen atoms in total. The van der Waals surface area contributed by atoms with Crippen LogP contribution < -0.4 is 0 Å². The standard InChI is InChI=1S/C9H18O/c1-5-6-9(3,4)7-8(2)10/h10H,2,5-7H2,1,3-4H3. The predicted octanol–water partition coefficient (Wildman–Crippen LogP) is 3.27. The number of rotatable bonds is 4. The minimum atomic E-state index is 0.223. The molecular weight excluding hydrogens is 124 g/mol. The van der Waals surface area contributed by atoms with E-state index in [-0.39, 0.29) is 5.41 Å². The van der Waals surface area contributed by atoms with Gasteiger partial charge in [-0.1, -0.05) is 33.8 Å². The monoisotopic (exact) mass is 142 g/mol. The Labute approximate surface area is 63.8 Å². The van der Waals surface area contributed by atoms with Gasteiger partial charge in [0.2, 0.25) is 0 Å². The fourth-order valence-corrected chi connectivity index (χ4v) is 1.32.